The minimum Gasteiger partial charge on any atom is -0.382 e. The lowest BCUT2D eigenvalue weighted by Crippen LogP contribution is -2.36. The molecule has 1 atom stereocenters. The smallest absolute Gasteiger partial charge is 0.222 e. The number of hydrogen-bond acceptors (Lipinski definition) is 3. The molecule has 5 heteroatoms. The summed E-state index contributed by atoms with van der Waals surface area (Å²) in [6.07, 6.45) is 3.43. The van der Waals surface area contributed by atoms with Crippen LogP contribution in [0.5, 0.6) is 0 Å². The molecule has 0 bridgehead atoms. The highest BCUT2D eigenvalue weighted by Crippen LogP contribution is 2.21. The van der Waals surface area contributed by atoms with Gasteiger partial charge in [-0.05, 0) is 50.4 Å². The molecule has 0 aliphatic carbocycles. The maximum atomic E-state index is 13.1. The highest BCUT2D eigenvalue weighted by molar-refractivity contribution is 5.78. The third-order valence-corrected chi connectivity index (χ3v) is 4.22. The lowest BCUT2D eigenvalue weighted by atomic mass is 10.1. The summed E-state index contributed by atoms with van der Waals surface area (Å²) in [7, 11) is 0. The molecular weight excluding hydrogens is 295 g/mol. The molecule has 128 valence electrons. The summed E-state index contributed by atoms with van der Waals surface area (Å²) in [6, 6.07) is 6.96. The summed E-state index contributed by atoms with van der Waals surface area (Å²) in [6.45, 7) is 5.69. The maximum absolute atomic E-state index is 13.1. The van der Waals surface area contributed by atoms with Gasteiger partial charge in [-0.25, -0.2) is 4.39 Å². The fraction of sp³-hybridized carbons (Fsp3) is 0.611. The quantitative estimate of drug-likeness (QED) is 0.674. The summed E-state index contributed by atoms with van der Waals surface area (Å²) in [4.78, 5) is 14.0. The Morgan fingerprint density at radius 3 is 3.09 bits per heavy atom. The number of carbonyl (C=O) groups is 1. The van der Waals surface area contributed by atoms with Gasteiger partial charge in [0, 0.05) is 38.8 Å². The van der Waals surface area contributed by atoms with E-state index in [0.29, 0.717) is 25.6 Å². The summed E-state index contributed by atoms with van der Waals surface area (Å²) >= 11 is 0. The van der Waals surface area contributed by atoms with Crippen LogP contribution in [0.25, 0.3) is 0 Å². The van der Waals surface area contributed by atoms with Crippen molar-refractivity contribution in [1.82, 2.24) is 10.2 Å². The Bertz CT molecular complexity index is 496. The largest absolute Gasteiger partial charge is 0.382 e. The molecule has 0 aromatic heterocycles. The molecule has 1 unspecified atom stereocenters. The van der Waals surface area contributed by atoms with Crippen LogP contribution in [0.1, 0.15) is 38.2 Å². The van der Waals surface area contributed by atoms with E-state index in [-0.39, 0.29) is 11.7 Å². The Hall–Kier alpha value is -1.46. The van der Waals surface area contributed by atoms with Crippen LogP contribution < -0.4 is 5.32 Å². The molecule has 1 N–H and O–H groups in total. The molecule has 23 heavy (non-hydrogen) atoms. The second-order valence-corrected chi connectivity index (χ2v) is 5.93. The fourth-order valence-corrected chi connectivity index (χ4v) is 3.03. The first kappa shape index (κ1) is 17.9. The first-order valence-electron chi connectivity index (χ1n) is 8.53. The molecular formula is C18H27FN2O2. The minimum absolute atomic E-state index is 0.203. The van der Waals surface area contributed by atoms with Gasteiger partial charge in [-0.3, -0.25) is 4.79 Å². The Kier molecular flexibility index (Phi) is 7.49. The van der Waals surface area contributed by atoms with Gasteiger partial charge in [-0.2, -0.15) is 0 Å². The van der Waals surface area contributed by atoms with Crippen molar-refractivity contribution in [2.45, 2.75) is 45.2 Å². The van der Waals surface area contributed by atoms with Gasteiger partial charge in [0.1, 0.15) is 5.82 Å². The van der Waals surface area contributed by atoms with Crippen molar-refractivity contribution in [3.05, 3.63) is 35.6 Å². The van der Waals surface area contributed by atoms with Gasteiger partial charge in [0.15, 0.2) is 0 Å². The van der Waals surface area contributed by atoms with E-state index in [1.54, 1.807) is 12.1 Å². The SMILES string of the molecule is CCOCCCN1C(=O)CCC1CCNCc1cccc(F)c1. The lowest BCUT2D eigenvalue weighted by Gasteiger charge is -2.25. The number of nitrogens with one attached hydrogen (secondary N) is 1. The van der Waals surface area contributed by atoms with Crippen LogP contribution in [-0.2, 0) is 16.1 Å². The van der Waals surface area contributed by atoms with E-state index in [1.165, 1.54) is 6.07 Å². The molecule has 0 saturated carbocycles. The van der Waals surface area contributed by atoms with E-state index in [0.717, 1.165) is 44.5 Å². The molecule has 1 fully saturated rings. The highest BCUT2D eigenvalue weighted by atomic mass is 19.1. The van der Waals surface area contributed by atoms with Gasteiger partial charge in [0.2, 0.25) is 5.91 Å². The predicted octanol–water partition coefficient (Wildman–Crippen LogP) is 2.72. The van der Waals surface area contributed by atoms with Gasteiger partial charge < -0.3 is 15.0 Å². The zero-order chi connectivity index (χ0) is 16.5. The van der Waals surface area contributed by atoms with Gasteiger partial charge in [0.05, 0.1) is 0 Å². The van der Waals surface area contributed by atoms with E-state index in [1.807, 2.05) is 17.9 Å². The Morgan fingerprint density at radius 2 is 2.30 bits per heavy atom. The molecule has 2 rings (SSSR count). The van der Waals surface area contributed by atoms with Crippen molar-refractivity contribution in [2.24, 2.45) is 0 Å². The Labute approximate surface area is 138 Å². The van der Waals surface area contributed by atoms with Gasteiger partial charge in [-0.1, -0.05) is 12.1 Å². The monoisotopic (exact) mass is 322 g/mol. The third-order valence-electron chi connectivity index (χ3n) is 4.22. The zero-order valence-electron chi connectivity index (χ0n) is 13.9. The van der Waals surface area contributed by atoms with Crippen LogP contribution >= 0.6 is 0 Å². The van der Waals surface area contributed by atoms with Crippen molar-refractivity contribution in [2.75, 3.05) is 26.3 Å². The Balaban J connectivity index is 1.68. The normalized spacial score (nSPS) is 17.9. The van der Waals surface area contributed by atoms with E-state index < -0.39 is 0 Å². The zero-order valence-corrected chi connectivity index (χ0v) is 13.9. The molecule has 0 spiro atoms. The molecule has 1 aliphatic rings. The first-order valence-corrected chi connectivity index (χ1v) is 8.53. The summed E-state index contributed by atoms with van der Waals surface area (Å²) in [5.74, 6) is 0.0581. The van der Waals surface area contributed by atoms with Crippen LogP contribution in [0.3, 0.4) is 0 Å². The van der Waals surface area contributed by atoms with Gasteiger partial charge >= 0.3 is 0 Å². The lowest BCUT2D eigenvalue weighted by molar-refractivity contribution is -0.129. The second-order valence-electron chi connectivity index (χ2n) is 5.93. The van der Waals surface area contributed by atoms with Crippen LogP contribution in [0.4, 0.5) is 4.39 Å². The van der Waals surface area contributed by atoms with Crippen LogP contribution in [0.15, 0.2) is 24.3 Å². The van der Waals surface area contributed by atoms with Crippen molar-refractivity contribution < 1.29 is 13.9 Å². The number of benzene rings is 1. The van der Waals surface area contributed by atoms with Crippen molar-refractivity contribution in [3.8, 4) is 0 Å². The number of ether oxygens (including phenoxy) is 1. The molecule has 1 amide bonds. The molecule has 1 aliphatic heterocycles. The van der Waals surface area contributed by atoms with Crippen LogP contribution in [0.2, 0.25) is 0 Å². The minimum atomic E-state index is -0.203. The third kappa shape index (κ3) is 5.92. The number of likely N-dealkylation sites (tertiary alicyclic amines) is 1. The summed E-state index contributed by atoms with van der Waals surface area (Å²) in [5, 5.41) is 3.34. The van der Waals surface area contributed by atoms with Crippen molar-refractivity contribution in [1.29, 1.82) is 0 Å². The molecule has 0 radical (unpaired) electrons. The van der Waals surface area contributed by atoms with Gasteiger partial charge in [0.25, 0.3) is 0 Å². The summed E-state index contributed by atoms with van der Waals surface area (Å²) < 4.78 is 18.4. The topological polar surface area (TPSA) is 41.6 Å². The first-order chi connectivity index (χ1) is 11.2. The van der Waals surface area contributed by atoms with E-state index in [9.17, 15) is 9.18 Å². The molecule has 1 heterocycles. The molecule has 1 aromatic carbocycles. The number of halogens is 1. The standard InChI is InChI=1S/C18H27FN2O2/c1-2-23-12-4-11-21-17(7-8-18(21)22)9-10-20-14-15-5-3-6-16(19)13-15/h3,5-6,13,17,20H,2,4,7-12,14H2,1H3. The van der Waals surface area contributed by atoms with Crippen LogP contribution in [0, 0.1) is 5.82 Å². The predicted molar refractivity (Wildman–Crippen MR) is 88.6 cm³/mol. The van der Waals surface area contributed by atoms with Crippen molar-refractivity contribution in [3.63, 3.8) is 0 Å². The number of amides is 1. The van der Waals surface area contributed by atoms with E-state index in [4.69, 9.17) is 4.74 Å². The summed E-state index contributed by atoms with van der Waals surface area (Å²) in [5.41, 5.74) is 0.945. The number of rotatable bonds is 10. The number of nitrogens with zero attached hydrogens (tertiary/aromatic N) is 1. The average Bonchev–Trinajstić information content (AvgIpc) is 2.89. The van der Waals surface area contributed by atoms with E-state index >= 15 is 0 Å². The Morgan fingerprint density at radius 1 is 1.43 bits per heavy atom. The van der Waals surface area contributed by atoms with E-state index in [2.05, 4.69) is 5.32 Å². The van der Waals surface area contributed by atoms with Gasteiger partial charge in [-0.15, -0.1) is 0 Å². The number of hydrogen-bond donors (Lipinski definition) is 1. The molecule has 1 aromatic rings. The van der Waals surface area contributed by atoms with Crippen molar-refractivity contribution >= 4 is 5.91 Å². The average molecular weight is 322 g/mol. The maximum Gasteiger partial charge on any atom is 0.222 e. The molecule has 4 nitrogen and oxygen atoms in total. The number of carbonyl (C=O) groups excluding carboxylic acids is 1. The highest BCUT2D eigenvalue weighted by Gasteiger charge is 2.29. The van der Waals surface area contributed by atoms with Crippen LogP contribution in [-0.4, -0.2) is 43.2 Å². The molecule has 1 saturated heterocycles. The fourth-order valence-electron chi connectivity index (χ4n) is 3.03. The second kappa shape index (κ2) is 9.63.